The van der Waals surface area contributed by atoms with Crippen LogP contribution in [0.4, 0.5) is 0 Å². The van der Waals surface area contributed by atoms with Crippen LogP contribution in [0.25, 0.3) is 0 Å². The van der Waals surface area contributed by atoms with Crippen LogP contribution < -0.4 is 0 Å². The summed E-state index contributed by atoms with van der Waals surface area (Å²) in [6.45, 7) is 2.41. The molecule has 1 aliphatic heterocycles. The number of carboxylic acid groups (broad SMARTS) is 1. The van der Waals surface area contributed by atoms with Crippen molar-refractivity contribution in [1.29, 1.82) is 0 Å². The van der Waals surface area contributed by atoms with Crippen molar-refractivity contribution < 1.29 is 14.7 Å². The van der Waals surface area contributed by atoms with Gasteiger partial charge in [-0.1, -0.05) is 30.3 Å². The molecule has 114 valence electrons. The van der Waals surface area contributed by atoms with Gasteiger partial charge in [-0.2, -0.15) is 0 Å². The summed E-state index contributed by atoms with van der Waals surface area (Å²) in [7, 11) is 0. The Bertz CT molecular complexity index is 584. The Morgan fingerprint density at radius 1 is 1.57 bits per heavy atom. The normalized spacial score (nSPS) is 21.6. The van der Waals surface area contributed by atoms with Crippen LogP contribution in [0.5, 0.6) is 0 Å². The van der Waals surface area contributed by atoms with Gasteiger partial charge in [0.05, 0.1) is 16.6 Å². The fraction of sp³-hybridized carbons (Fsp3) is 0.538. The summed E-state index contributed by atoms with van der Waals surface area (Å²) in [5, 5.41) is 10.0. The minimum Gasteiger partial charge on any atom is -0.481 e. The fourth-order valence-corrected chi connectivity index (χ4v) is 2.92. The zero-order valence-electron chi connectivity index (χ0n) is 11.8. The van der Waals surface area contributed by atoms with E-state index in [-0.39, 0.29) is 23.2 Å². The molecular weight excluding hydrogens is 314 g/mol. The number of carbonyl (C=O) groups excluding carboxylic acids is 1. The molecule has 1 atom stereocenters. The van der Waals surface area contributed by atoms with E-state index in [2.05, 4.69) is 9.97 Å². The number of nitrogens with zero attached hydrogens (tertiary/aromatic N) is 3. The lowest BCUT2D eigenvalue weighted by molar-refractivity contribution is -0.148. The summed E-state index contributed by atoms with van der Waals surface area (Å²) < 4.78 is 0. The molecule has 1 aliphatic rings. The smallest absolute Gasteiger partial charge is 0.311 e. The van der Waals surface area contributed by atoms with E-state index in [1.807, 2.05) is 6.92 Å². The fourth-order valence-electron chi connectivity index (χ4n) is 2.41. The minimum absolute atomic E-state index is 0.133. The van der Waals surface area contributed by atoms with Crippen LogP contribution in [0.15, 0.2) is 11.4 Å². The van der Waals surface area contributed by atoms with Crippen LogP contribution in [0.1, 0.15) is 30.3 Å². The largest absolute Gasteiger partial charge is 0.481 e. The first-order valence-corrected chi connectivity index (χ1v) is 8.13. The first-order valence-electron chi connectivity index (χ1n) is 6.52. The van der Waals surface area contributed by atoms with Gasteiger partial charge in [0.2, 0.25) is 0 Å². The van der Waals surface area contributed by atoms with Crippen molar-refractivity contribution in [2.45, 2.75) is 24.9 Å². The van der Waals surface area contributed by atoms with Crippen molar-refractivity contribution in [2.24, 2.45) is 5.41 Å². The summed E-state index contributed by atoms with van der Waals surface area (Å²) in [5.41, 5.74) is -0.731. The van der Waals surface area contributed by atoms with Crippen molar-refractivity contribution in [3.63, 3.8) is 0 Å². The topological polar surface area (TPSA) is 83.4 Å². The highest BCUT2D eigenvalue weighted by atomic mass is 35.5. The third kappa shape index (κ3) is 2.98. The molecule has 0 bridgehead atoms. The zero-order chi connectivity index (χ0) is 15.6. The number of aromatic nitrogens is 2. The molecule has 1 aromatic heterocycles. The van der Waals surface area contributed by atoms with Crippen LogP contribution in [0.2, 0.25) is 5.02 Å². The van der Waals surface area contributed by atoms with Crippen LogP contribution in [-0.2, 0) is 4.79 Å². The maximum Gasteiger partial charge on any atom is 0.311 e. The molecule has 1 unspecified atom stereocenters. The highest BCUT2D eigenvalue weighted by Gasteiger charge is 2.45. The molecule has 0 saturated carbocycles. The number of rotatable bonds is 4. The number of amides is 1. The molecule has 1 N–H and O–H groups in total. The van der Waals surface area contributed by atoms with Crippen molar-refractivity contribution in [3.8, 4) is 0 Å². The third-order valence-electron chi connectivity index (χ3n) is 3.88. The Balaban J connectivity index is 2.24. The highest BCUT2D eigenvalue weighted by Crippen LogP contribution is 2.35. The summed E-state index contributed by atoms with van der Waals surface area (Å²) in [6.07, 6.45) is 4.14. The van der Waals surface area contributed by atoms with Crippen LogP contribution >= 0.6 is 23.4 Å². The van der Waals surface area contributed by atoms with Crippen molar-refractivity contribution in [1.82, 2.24) is 14.9 Å². The Morgan fingerprint density at radius 3 is 2.81 bits per heavy atom. The third-order valence-corrected chi connectivity index (χ3v) is 4.72. The van der Waals surface area contributed by atoms with E-state index in [1.165, 1.54) is 22.9 Å². The van der Waals surface area contributed by atoms with Gasteiger partial charge in [-0.05, 0) is 19.1 Å². The Kier molecular flexibility index (Phi) is 4.73. The number of aliphatic carboxylic acids is 1. The maximum atomic E-state index is 12.5. The lowest BCUT2D eigenvalue weighted by Crippen LogP contribution is -2.37. The molecule has 1 aromatic rings. The standard InChI is InChI=1S/C13H16ClN3O3S/c1-3-13(11(19)20)4-5-17(7-13)10(18)9-8(14)6-15-12(16-9)21-2/h6H,3-5,7H2,1-2H3,(H,19,20). The maximum absolute atomic E-state index is 12.5. The molecule has 6 nitrogen and oxygen atoms in total. The van der Waals surface area contributed by atoms with Crippen molar-refractivity contribution in [2.75, 3.05) is 19.3 Å². The van der Waals surface area contributed by atoms with Crippen molar-refractivity contribution >= 4 is 35.2 Å². The van der Waals surface area contributed by atoms with Crippen LogP contribution in [0, 0.1) is 5.41 Å². The van der Waals surface area contributed by atoms with E-state index in [1.54, 1.807) is 6.26 Å². The average Bonchev–Trinajstić information content (AvgIpc) is 2.93. The van der Waals surface area contributed by atoms with E-state index in [4.69, 9.17) is 11.6 Å². The van der Waals surface area contributed by atoms with E-state index in [0.29, 0.717) is 24.5 Å². The Hall–Kier alpha value is -1.34. The molecule has 0 radical (unpaired) electrons. The summed E-state index contributed by atoms with van der Waals surface area (Å²) in [6, 6.07) is 0. The van der Waals surface area contributed by atoms with Gasteiger partial charge in [0, 0.05) is 13.1 Å². The molecular formula is C13H16ClN3O3S. The Morgan fingerprint density at radius 2 is 2.29 bits per heavy atom. The number of thioether (sulfide) groups is 1. The van der Waals surface area contributed by atoms with Gasteiger partial charge < -0.3 is 10.0 Å². The van der Waals surface area contributed by atoms with E-state index < -0.39 is 11.4 Å². The summed E-state index contributed by atoms with van der Waals surface area (Å²) >= 11 is 7.31. The lowest BCUT2D eigenvalue weighted by Gasteiger charge is -2.23. The van der Waals surface area contributed by atoms with Crippen molar-refractivity contribution in [3.05, 3.63) is 16.9 Å². The molecule has 1 fully saturated rings. The zero-order valence-corrected chi connectivity index (χ0v) is 13.4. The lowest BCUT2D eigenvalue weighted by atomic mass is 9.84. The molecule has 2 rings (SSSR count). The SMILES string of the molecule is CCC1(C(=O)O)CCN(C(=O)c2nc(SC)ncc2Cl)C1. The van der Waals surface area contributed by atoms with E-state index >= 15 is 0 Å². The van der Waals surface area contributed by atoms with Gasteiger partial charge >= 0.3 is 5.97 Å². The number of hydrogen-bond donors (Lipinski definition) is 1. The van der Waals surface area contributed by atoms with Crippen LogP contribution in [0.3, 0.4) is 0 Å². The first kappa shape index (κ1) is 16.0. The van der Waals surface area contributed by atoms with Gasteiger partial charge in [-0.25, -0.2) is 9.97 Å². The van der Waals surface area contributed by atoms with Gasteiger partial charge in [0.25, 0.3) is 5.91 Å². The number of carboxylic acids is 1. The second-order valence-corrected chi connectivity index (χ2v) is 6.15. The molecule has 1 amide bonds. The second-order valence-electron chi connectivity index (χ2n) is 4.97. The summed E-state index contributed by atoms with van der Waals surface area (Å²) in [5.74, 6) is -1.20. The quantitative estimate of drug-likeness (QED) is 0.673. The molecule has 0 spiro atoms. The molecule has 8 heteroatoms. The van der Waals surface area contributed by atoms with E-state index in [9.17, 15) is 14.7 Å². The number of likely N-dealkylation sites (tertiary alicyclic amines) is 1. The minimum atomic E-state index is -0.864. The monoisotopic (exact) mass is 329 g/mol. The predicted molar refractivity (Wildman–Crippen MR) is 79.7 cm³/mol. The molecule has 21 heavy (non-hydrogen) atoms. The molecule has 2 heterocycles. The average molecular weight is 330 g/mol. The van der Waals surface area contributed by atoms with Crippen LogP contribution in [-0.4, -0.2) is 51.2 Å². The highest BCUT2D eigenvalue weighted by molar-refractivity contribution is 7.98. The number of hydrogen-bond acceptors (Lipinski definition) is 5. The van der Waals surface area contributed by atoms with Gasteiger partial charge in [0.1, 0.15) is 0 Å². The predicted octanol–water partition coefficient (Wildman–Crippen LogP) is 2.18. The molecule has 0 aromatic carbocycles. The Labute approximate surface area is 131 Å². The van der Waals surface area contributed by atoms with E-state index in [0.717, 1.165) is 0 Å². The molecule has 0 aliphatic carbocycles. The molecule has 1 saturated heterocycles. The number of halogens is 1. The van der Waals surface area contributed by atoms with Gasteiger partial charge in [-0.15, -0.1) is 0 Å². The second kappa shape index (κ2) is 6.19. The van der Waals surface area contributed by atoms with Gasteiger partial charge in [-0.3, -0.25) is 9.59 Å². The number of carbonyl (C=O) groups is 2. The first-order chi connectivity index (χ1) is 9.93. The van der Waals surface area contributed by atoms with Gasteiger partial charge in [0.15, 0.2) is 10.9 Å². The summed E-state index contributed by atoms with van der Waals surface area (Å²) in [4.78, 5) is 33.6.